The highest BCUT2D eigenvalue weighted by molar-refractivity contribution is 5.94. The first-order valence-electron chi connectivity index (χ1n) is 8.23. The second-order valence-electron chi connectivity index (χ2n) is 6.08. The number of aromatic nitrogens is 2. The zero-order valence-corrected chi connectivity index (χ0v) is 14.5. The molecular formula is C20H22N4O. The van der Waals surface area contributed by atoms with E-state index in [-0.39, 0.29) is 5.91 Å². The summed E-state index contributed by atoms with van der Waals surface area (Å²) in [6, 6.07) is 17.7. The van der Waals surface area contributed by atoms with Crippen LogP contribution in [0.25, 0.3) is 0 Å². The van der Waals surface area contributed by atoms with E-state index in [1.165, 1.54) is 5.56 Å². The monoisotopic (exact) mass is 334 g/mol. The summed E-state index contributed by atoms with van der Waals surface area (Å²) in [4.78, 5) is 18.7. The van der Waals surface area contributed by atoms with Crippen LogP contribution in [0.15, 0.2) is 67.0 Å². The molecule has 128 valence electrons. The van der Waals surface area contributed by atoms with Gasteiger partial charge in [-0.05, 0) is 29.8 Å². The molecule has 0 spiro atoms. The zero-order chi connectivity index (χ0) is 17.6. The van der Waals surface area contributed by atoms with Crippen LogP contribution < -0.4 is 10.2 Å². The number of hydrogen-bond acceptors (Lipinski definition) is 3. The fourth-order valence-electron chi connectivity index (χ4n) is 2.60. The Morgan fingerprint density at radius 2 is 1.80 bits per heavy atom. The van der Waals surface area contributed by atoms with E-state index in [9.17, 15) is 4.79 Å². The van der Waals surface area contributed by atoms with Gasteiger partial charge in [0.1, 0.15) is 5.82 Å². The molecular weight excluding hydrogens is 312 g/mol. The van der Waals surface area contributed by atoms with E-state index in [0.29, 0.717) is 12.1 Å². The van der Waals surface area contributed by atoms with Crippen LogP contribution in [0.2, 0.25) is 0 Å². The second kappa shape index (κ2) is 7.66. The van der Waals surface area contributed by atoms with Gasteiger partial charge in [0.05, 0.1) is 6.54 Å². The number of rotatable bonds is 6. The lowest BCUT2D eigenvalue weighted by Crippen LogP contribution is -2.25. The number of amides is 1. The van der Waals surface area contributed by atoms with Crippen LogP contribution in [0.1, 0.15) is 21.7 Å². The summed E-state index contributed by atoms with van der Waals surface area (Å²) < 4.78 is 2.05. The summed E-state index contributed by atoms with van der Waals surface area (Å²) in [7, 11) is 3.95. The number of benzene rings is 2. The summed E-state index contributed by atoms with van der Waals surface area (Å²) >= 11 is 0. The summed E-state index contributed by atoms with van der Waals surface area (Å²) in [6.45, 7) is 1.14. The molecule has 2 aromatic carbocycles. The van der Waals surface area contributed by atoms with Gasteiger partial charge in [-0.2, -0.15) is 0 Å². The van der Waals surface area contributed by atoms with Crippen LogP contribution in [-0.4, -0.2) is 29.6 Å². The topological polar surface area (TPSA) is 50.2 Å². The number of carbonyl (C=O) groups excluding carboxylic acids is 1. The first-order valence-corrected chi connectivity index (χ1v) is 8.23. The molecule has 3 rings (SSSR count). The fraction of sp³-hybridized carbons (Fsp3) is 0.200. The molecule has 0 aliphatic heterocycles. The molecule has 3 aromatic rings. The number of nitrogens with zero attached hydrogens (tertiary/aromatic N) is 3. The lowest BCUT2D eigenvalue weighted by Gasteiger charge is -2.13. The summed E-state index contributed by atoms with van der Waals surface area (Å²) in [5.41, 5.74) is 2.91. The van der Waals surface area contributed by atoms with E-state index in [2.05, 4.69) is 22.4 Å². The van der Waals surface area contributed by atoms with Crippen LogP contribution in [0.5, 0.6) is 0 Å². The van der Waals surface area contributed by atoms with Crippen LogP contribution in [-0.2, 0) is 13.1 Å². The van der Waals surface area contributed by atoms with Crippen molar-refractivity contribution in [2.45, 2.75) is 13.1 Å². The highest BCUT2D eigenvalue weighted by Gasteiger charge is 2.09. The number of anilines is 1. The summed E-state index contributed by atoms with van der Waals surface area (Å²) in [5.74, 6) is 0.738. The van der Waals surface area contributed by atoms with Crippen molar-refractivity contribution in [3.8, 4) is 0 Å². The molecule has 0 saturated heterocycles. The van der Waals surface area contributed by atoms with Gasteiger partial charge in [0.2, 0.25) is 0 Å². The number of hydrogen-bond donors (Lipinski definition) is 1. The average Bonchev–Trinajstić information content (AvgIpc) is 3.07. The van der Waals surface area contributed by atoms with E-state index < -0.39 is 0 Å². The average molecular weight is 334 g/mol. The standard InChI is InChI=1S/C20H22N4O/c1-23(2)18-10-8-17(9-11-18)20(25)22-14-19-21-12-13-24(19)15-16-6-4-3-5-7-16/h3-13H,14-15H2,1-2H3,(H,22,25). The molecule has 1 amide bonds. The Hall–Kier alpha value is -3.08. The predicted molar refractivity (Wildman–Crippen MR) is 99.7 cm³/mol. The molecule has 0 saturated carbocycles. The Labute approximate surface area is 147 Å². The van der Waals surface area contributed by atoms with Crippen molar-refractivity contribution in [1.29, 1.82) is 0 Å². The minimum atomic E-state index is -0.0976. The molecule has 1 aromatic heterocycles. The van der Waals surface area contributed by atoms with Crippen molar-refractivity contribution in [2.75, 3.05) is 19.0 Å². The molecule has 0 radical (unpaired) electrons. The maximum Gasteiger partial charge on any atom is 0.251 e. The van der Waals surface area contributed by atoms with Crippen molar-refractivity contribution in [3.63, 3.8) is 0 Å². The normalized spacial score (nSPS) is 10.5. The Bertz CT molecular complexity index is 822. The zero-order valence-electron chi connectivity index (χ0n) is 14.5. The van der Waals surface area contributed by atoms with Crippen LogP contribution in [0.4, 0.5) is 5.69 Å². The van der Waals surface area contributed by atoms with Gasteiger partial charge < -0.3 is 14.8 Å². The summed E-state index contributed by atoms with van der Waals surface area (Å²) in [6.07, 6.45) is 3.69. The Morgan fingerprint density at radius 3 is 2.48 bits per heavy atom. The molecule has 0 aliphatic rings. The fourth-order valence-corrected chi connectivity index (χ4v) is 2.60. The van der Waals surface area contributed by atoms with Gasteiger partial charge in [-0.15, -0.1) is 0 Å². The van der Waals surface area contributed by atoms with E-state index in [1.807, 2.05) is 72.2 Å². The van der Waals surface area contributed by atoms with Crippen LogP contribution in [0.3, 0.4) is 0 Å². The highest BCUT2D eigenvalue weighted by Crippen LogP contribution is 2.12. The third kappa shape index (κ3) is 4.26. The van der Waals surface area contributed by atoms with Gasteiger partial charge in [-0.25, -0.2) is 4.98 Å². The van der Waals surface area contributed by atoms with Crippen molar-refractivity contribution >= 4 is 11.6 Å². The van der Waals surface area contributed by atoms with Gasteiger partial charge in [-0.3, -0.25) is 4.79 Å². The minimum absolute atomic E-state index is 0.0976. The number of carbonyl (C=O) groups is 1. The Kier molecular flexibility index (Phi) is 5.14. The van der Waals surface area contributed by atoms with Crippen molar-refractivity contribution in [2.24, 2.45) is 0 Å². The second-order valence-corrected chi connectivity index (χ2v) is 6.08. The first-order chi connectivity index (χ1) is 12.1. The molecule has 0 atom stereocenters. The SMILES string of the molecule is CN(C)c1ccc(C(=O)NCc2nccn2Cc2ccccc2)cc1. The van der Waals surface area contributed by atoms with Gasteiger partial charge in [0.25, 0.3) is 5.91 Å². The molecule has 0 fully saturated rings. The quantitative estimate of drug-likeness (QED) is 0.754. The molecule has 1 N–H and O–H groups in total. The third-order valence-corrected chi connectivity index (χ3v) is 4.05. The molecule has 0 unspecified atom stereocenters. The van der Waals surface area contributed by atoms with Gasteiger partial charge in [0, 0.05) is 44.3 Å². The molecule has 25 heavy (non-hydrogen) atoms. The lowest BCUT2D eigenvalue weighted by atomic mass is 10.2. The van der Waals surface area contributed by atoms with Crippen molar-refractivity contribution < 1.29 is 4.79 Å². The predicted octanol–water partition coefficient (Wildman–Crippen LogP) is 2.93. The van der Waals surface area contributed by atoms with Crippen molar-refractivity contribution in [1.82, 2.24) is 14.9 Å². The van der Waals surface area contributed by atoms with E-state index >= 15 is 0 Å². The van der Waals surface area contributed by atoms with Gasteiger partial charge >= 0.3 is 0 Å². The first kappa shape index (κ1) is 16.8. The molecule has 0 bridgehead atoms. The maximum atomic E-state index is 12.3. The van der Waals surface area contributed by atoms with Crippen LogP contribution in [0, 0.1) is 0 Å². The third-order valence-electron chi connectivity index (χ3n) is 4.05. The molecule has 0 aliphatic carbocycles. The number of imidazole rings is 1. The van der Waals surface area contributed by atoms with Crippen molar-refractivity contribution in [3.05, 3.63) is 83.9 Å². The Morgan fingerprint density at radius 1 is 1.08 bits per heavy atom. The van der Waals surface area contributed by atoms with E-state index in [0.717, 1.165) is 18.1 Å². The number of nitrogens with one attached hydrogen (secondary N) is 1. The van der Waals surface area contributed by atoms with Crippen LogP contribution >= 0.6 is 0 Å². The Balaban J connectivity index is 1.62. The molecule has 5 nitrogen and oxygen atoms in total. The summed E-state index contributed by atoms with van der Waals surface area (Å²) in [5, 5.41) is 2.94. The van der Waals surface area contributed by atoms with Gasteiger partial charge in [-0.1, -0.05) is 30.3 Å². The molecule has 1 heterocycles. The maximum absolute atomic E-state index is 12.3. The minimum Gasteiger partial charge on any atom is -0.378 e. The smallest absolute Gasteiger partial charge is 0.251 e. The van der Waals surface area contributed by atoms with E-state index in [1.54, 1.807) is 6.20 Å². The van der Waals surface area contributed by atoms with Gasteiger partial charge in [0.15, 0.2) is 0 Å². The lowest BCUT2D eigenvalue weighted by molar-refractivity contribution is 0.0949. The largest absolute Gasteiger partial charge is 0.378 e. The highest BCUT2D eigenvalue weighted by atomic mass is 16.1. The molecule has 5 heteroatoms. The van der Waals surface area contributed by atoms with E-state index in [4.69, 9.17) is 0 Å².